The molecule has 0 aromatic carbocycles. The van der Waals surface area contributed by atoms with E-state index in [0.717, 1.165) is 32.6 Å². The van der Waals surface area contributed by atoms with Crippen LogP contribution in [0.1, 0.15) is 19.3 Å². The van der Waals surface area contributed by atoms with Crippen LogP contribution >= 0.6 is 0 Å². The first kappa shape index (κ1) is 10.4. The van der Waals surface area contributed by atoms with E-state index < -0.39 is 0 Å². The molecule has 0 radical (unpaired) electrons. The average Bonchev–Trinajstić information content (AvgIpc) is 2.86. The number of nitrogens with zero attached hydrogens (tertiary/aromatic N) is 2. The molecule has 2 amide bonds. The molecule has 2 heterocycles. The molecule has 3 atom stereocenters. The molecule has 16 heavy (non-hydrogen) atoms. The van der Waals surface area contributed by atoms with Crippen LogP contribution in [0.25, 0.3) is 0 Å². The molecule has 2 saturated heterocycles. The Kier molecular flexibility index (Phi) is 2.52. The highest BCUT2D eigenvalue weighted by atomic mass is 16.2. The van der Waals surface area contributed by atoms with E-state index in [0.29, 0.717) is 18.1 Å². The third kappa shape index (κ3) is 1.58. The number of nitrogens with one attached hydrogen (secondary N) is 1. The Morgan fingerprint density at radius 1 is 1.31 bits per heavy atom. The number of nitrogens with two attached hydrogens (primary N) is 1. The van der Waals surface area contributed by atoms with Crippen LogP contribution in [0.4, 0.5) is 4.79 Å². The summed E-state index contributed by atoms with van der Waals surface area (Å²) >= 11 is 0. The zero-order valence-corrected chi connectivity index (χ0v) is 9.56. The van der Waals surface area contributed by atoms with E-state index in [4.69, 9.17) is 5.73 Å². The van der Waals surface area contributed by atoms with E-state index in [2.05, 4.69) is 10.2 Å². The Morgan fingerprint density at radius 2 is 2.19 bits per heavy atom. The van der Waals surface area contributed by atoms with Crippen molar-refractivity contribution < 1.29 is 4.79 Å². The molecule has 1 saturated carbocycles. The van der Waals surface area contributed by atoms with Crippen molar-refractivity contribution in [2.75, 3.05) is 26.2 Å². The number of urea groups is 1. The number of carbonyl (C=O) groups is 1. The van der Waals surface area contributed by atoms with Crippen molar-refractivity contribution >= 4 is 6.03 Å². The van der Waals surface area contributed by atoms with Crippen LogP contribution in [0.5, 0.6) is 0 Å². The molecule has 2 aliphatic heterocycles. The van der Waals surface area contributed by atoms with E-state index >= 15 is 0 Å². The number of carbonyl (C=O) groups excluding carboxylic acids is 1. The fourth-order valence-electron chi connectivity index (χ4n) is 3.35. The second-order valence-corrected chi connectivity index (χ2v) is 5.19. The smallest absolute Gasteiger partial charge is 0.317 e. The highest BCUT2D eigenvalue weighted by Crippen LogP contribution is 2.25. The largest absolute Gasteiger partial charge is 0.336 e. The van der Waals surface area contributed by atoms with Crippen LogP contribution in [0.3, 0.4) is 0 Å². The minimum atomic E-state index is 0.111. The van der Waals surface area contributed by atoms with Gasteiger partial charge in [-0.2, -0.15) is 0 Å². The van der Waals surface area contributed by atoms with Gasteiger partial charge in [0.25, 0.3) is 0 Å². The van der Waals surface area contributed by atoms with Gasteiger partial charge in [0.2, 0.25) is 0 Å². The fourth-order valence-corrected chi connectivity index (χ4v) is 3.35. The first-order valence-corrected chi connectivity index (χ1v) is 6.30. The van der Waals surface area contributed by atoms with Crippen LogP contribution in [-0.2, 0) is 0 Å². The van der Waals surface area contributed by atoms with Crippen molar-refractivity contribution in [1.82, 2.24) is 15.1 Å². The molecule has 0 bridgehead atoms. The zero-order valence-electron chi connectivity index (χ0n) is 9.56. The van der Waals surface area contributed by atoms with Crippen LogP contribution in [-0.4, -0.2) is 60.1 Å². The summed E-state index contributed by atoms with van der Waals surface area (Å²) in [6.45, 7) is 3.65. The number of piperazine rings is 1. The summed E-state index contributed by atoms with van der Waals surface area (Å²) in [7, 11) is 0. The number of rotatable bonds is 1. The Labute approximate surface area is 95.9 Å². The van der Waals surface area contributed by atoms with Gasteiger partial charge < -0.3 is 16.0 Å². The van der Waals surface area contributed by atoms with Crippen LogP contribution in [0.2, 0.25) is 0 Å². The standard InChI is InChI=1S/C11H20N4O/c12-9-2-1-3-10(9)14-4-5-15-8(7-14)6-13-11(15)16/h8-10H,1-7,12H2,(H,13,16). The van der Waals surface area contributed by atoms with Crippen molar-refractivity contribution in [3.63, 3.8) is 0 Å². The maximum atomic E-state index is 11.5. The van der Waals surface area contributed by atoms with Gasteiger partial charge in [-0.05, 0) is 12.8 Å². The second-order valence-electron chi connectivity index (χ2n) is 5.19. The topological polar surface area (TPSA) is 61.6 Å². The van der Waals surface area contributed by atoms with Gasteiger partial charge in [-0.1, -0.05) is 6.42 Å². The van der Waals surface area contributed by atoms with E-state index in [1.807, 2.05) is 4.90 Å². The summed E-state index contributed by atoms with van der Waals surface area (Å²) in [6.07, 6.45) is 3.65. The maximum absolute atomic E-state index is 11.5. The normalized spacial score (nSPS) is 39.9. The van der Waals surface area contributed by atoms with Gasteiger partial charge in [-0.15, -0.1) is 0 Å². The molecule has 0 aromatic rings. The van der Waals surface area contributed by atoms with Gasteiger partial charge >= 0.3 is 6.03 Å². The zero-order chi connectivity index (χ0) is 11.1. The Balaban J connectivity index is 1.65. The second kappa shape index (κ2) is 3.89. The molecule has 0 aromatic heterocycles. The molecule has 1 aliphatic carbocycles. The highest BCUT2D eigenvalue weighted by molar-refractivity contribution is 5.77. The van der Waals surface area contributed by atoms with Gasteiger partial charge in [0.05, 0.1) is 6.04 Å². The number of hydrogen-bond acceptors (Lipinski definition) is 3. The molecule has 3 rings (SSSR count). The minimum absolute atomic E-state index is 0.111. The van der Waals surface area contributed by atoms with Crippen molar-refractivity contribution in [1.29, 1.82) is 0 Å². The van der Waals surface area contributed by atoms with E-state index in [9.17, 15) is 4.79 Å². The molecule has 90 valence electrons. The predicted octanol–water partition coefficient (Wildman–Crippen LogP) is -0.424. The molecule has 3 N–H and O–H groups in total. The average molecular weight is 224 g/mol. The molecule has 0 spiro atoms. The summed E-state index contributed by atoms with van der Waals surface area (Å²) in [5.41, 5.74) is 6.14. The van der Waals surface area contributed by atoms with Crippen LogP contribution < -0.4 is 11.1 Å². The summed E-state index contributed by atoms with van der Waals surface area (Å²) in [5, 5.41) is 2.91. The lowest BCUT2D eigenvalue weighted by Crippen LogP contribution is -2.57. The van der Waals surface area contributed by atoms with Crippen molar-refractivity contribution in [2.24, 2.45) is 5.73 Å². The number of fused-ring (bicyclic) bond motifs is 1. The Hall–Kier alpha value is -0.810. The van der Waals surface area contributed by atoms with Gasteiger partial charge in [0.1, 0.15) is 0 Å². The highest BCUT2D eigenvalue weighted by Gasteiger charge is 2.39. The number of amides is 2. The van der Waals surface area contributed by atoms with E-state index in [-0.39, 0.29) is 6.03 Å². The first-order chi connectivity index (χ1) is 7.75. The monoisotopic (exact) mass is 224 g/mol. The fraction of sp³-hybridized carbons (Fsp3) is 0.909. The third-order valence-electron chi connectivity index (χ3n) is 4.26. The molecule has 5 nitrogen and oxygen atoms in total. The van der Waals surface area contributed by atoms with Gasteiger partial charge in [-0.3, -0.25) is 4.90 Å². The molecular weight excluding hydrogens is 204 g/mol. The van der Waals surface area contributed by atoms with Gasteiger partial charge in [-0.25, -0.2) is 4.79 Å². The SMILES string of the molecule is NC1CCCC1N1CCN2C(=O)NCC2C1. The summed E-state index contributed by atoms with van der Waals surface area (Å²) in [6, 6.07) is 1.38. The van der Waals surface area contributed by atoms with Crippen LogP contribution in [0.15, 0.2) is 0 Å². The lowest BCUT2D eigenvalue weighted by atomic mass is 10.1. The number of hydrogen-bond donors (Lipinski definition) is 2. The molecule has 3 fully saturated rings. The summed E-state index contributed by atoms with van der Waals surface area (Å²) < 4.78 is 0. The Bertz CT molecular complexity index is 296. The third-order valence-corrected chi connectivity index (χ3v) is 4.26. The Morgan fingerprint density at radius 3 is 2.94 bits per heavy atom. The maximum Gasteiger partial charge on any atom is 0.317 e. The van der Waals surface area contributed by atoms with Crippen LogP contribution in [0, 0.1) is 0 Å². The van der Waals surface area contributed by atoms with Gasteiger partial charge in [0, 0.05) is 38.3 Å². The molecule has 5 heteroatoms. The first-order valence-electron chi connectivity index (χ1n) is 6.30. The van der Waals surface area contributed by atoms with Crippen molar-refractivity contribution in [3.05, 3.63) is 0 Å². The molecular formula is C11H20N4O. The predicted molar refractivity (Wildman–Crippen MR) is 61.1 cm³/mol. The molecule has 3 unspecified atom stereocenters. The van der Waals surface area contributed by atoms with E-state index in [1.54, 1.807) is 0 Å². The quantitative estimate of drug-likeness (QED) is 0.635. The summed E-state index contributed by atoms with van der Waals surface area (Å²) in [4.78, 5) is 15.9. The lowest BCUT2D eigenvalue weighted by molar-refractivity contribution is 0.0845. The molecule has 3 aliphatic rings. The minimum Gasteiger partial charge on any atom is -0.336 e. The van der Waals surface area contributed by atoms with E-state index in [1.165, 1.54) is 12.8 Å². The lowest BCUT2D eigenvalue weighted by Gasteiger charge is -2.40. The summed E-state index contributed by atoms with van der Waals surface area (Å²) in [5.74, 6) is 0. The van der Waals surface area contributed by atoms with Crippen molar-refractivity contribution in [3.8, 4) is 0 Å². The van der Waals surface area contributed by atoms with Gasteiger partial charge in [0.15, 0.2) is 0 Å². The van der Waals surface area contributed by atoms with Crippen molar-refractivity contribution in [2.45, 2.75) is 37.4 Å².